The van der Waals surface area contributed by atoms with Gasteiger partial charge in [0.2, 0.25) is 0 Å². The smallest absolute Gasteiger partial charge is 0.268 e. The largest absolute Gasteiger partial charge is 0.385 e. The maximum absolute atomic E-state index is 13.4. The lowest BCUT2D eigenvalue weighted by atomic mass is 9.84. The van der Waals surface area contributed by atoms with Crippen molar-refractivity contribution in [3.8, 4) is 21.8 Å². The van der Waals surface area contributed by atoms with Crippen LogP contribution in [0.15, 0.2) is 109 Å². The summed E-state index contributed by atoms with van der Waals surface area (Å²) in [7, 11) is 0. The summed E-state index contributed by atoms with van der Waals surface area (Å²) < 4.78 is 0. The number of carbonyl (C=O) groups is 1. The molecule has 39 heavy (non-hydrogen) atoms. The van der Waals surface area contributed by atoms with Crippen molar-refractivity contribution in [2.75, 3.05) is 23.3 Å². The van der Waals surface area contributed by atoms with E-state index >= 15 is 0 Å². The monoisotopic (exact) mass is 532 g/mol. The maximum atomic E-state index is 13.4. The van der Waals surface area contributed by atoms with Crippen molar-refractivity contribution < 1.29 is 9.90 Å². The molecule has 2 aromatic heterocycles. The Morgan fingerprint density at radius 2 is 1.44 bits per heavy atom. The maximum Gasteiger partial charge on any atom is 0.268 e. The van der Waals surface area contributed by atoms with Crippen LogP contribution in [0.3, 0.4) is 0 Å². The van der Waals surface area contributed by atoms with Gasteiger partial charge >= 0.3 is 0 Å². The zero-order valence-corrected chi connectivity index (χ0v) is 22.1. The first kappa shape index (κ1) is 25.0. The van der Waals surface area contributed by atoms with E-state index in [9.17, 15) is 9.90 Å². The third kappa shape index (κ3) is 5.32. The Balaban J connectivity index is 1.17. The molecule has 1 fully saturated rings. The fourth-order valence-electron chi connectivity index (χ4n) is 4.95. The molecule has 1 aliphatic rings. The van der Waals surface area contributed by atoms with E-state index in [0.717, 1.165) is 27.5 Å². The second-order valence-electron chi connectivity index (χ2n) is 9.67. The molecule has 5 aromatic rings. The molecule has 194 valence electrons. The topological polar surface area (TPSA) is 78.4 Å². The van der Waals surface area contributed by atoms with Crippen LogP contribution in [0.2, 0.25) is 0 Å². The zero-order valence-electron chi connectivity index (χ0n) is 21.3. The molecule has 0 aliphatic carbocycles. The van der Waals surface area contributed by atoms with Crippen LogP contribution < -0.4 is 10.2 Å². The Hall–Kier alpha value is -4.33. The Kier molecular flexibility index (Phi) is 6.92. The number of nitrogens with zero attached hydrogens (tertiary/aromatic N) is 3. The lowest BCUT2D eigenvalue weighted by Crippen LogP contribution is -2.42. The quantitative estimate of drug-likeness (QED) is 0.257. The van der Waals surface area contributed by atoms with Crippen LogP contribution in [0.1, 0.15) is 28.1 Å². The minimum absolute atomic E-state index is 0.214. The van der Waals surface area contributed by atoms with E-state index < -0.39 is 5.60 Å². The number of amides is 1. The normalized spacial score (nSPS) is 14.6. The first-order chi connectivity index (χ1) is 19.1. The molecule has 3 aromatic carbocycles. The number of aromatic nitrogens is 2. The highest BCUT2D eigenvalue weighted by Crippen LogP contribution is 2.36. The minimum Gasteiger partial charge on any atom is -0.385 e. The first-order valence-corrected chi connectivity index (χ1v) is 13.8. The van der Waals surface area contributed by atoms with E-state index in [2.05, 4.69) is 15.2 Å². The standard InChI is InChI=1S/C32H28N4O2S/c37-30(29-28(23-10-4-1-5-11-23)35-31(39-29)24-12-6-2-7-13-24)34-26-16-17-27(33-22-26)36-20-18-32(38,19-21-36)25-14-8-3-9-15-25/h1-17,22,38H,18-21H2,(H,34,37). The van der Waals surface area contributed by atoms with Crippen molar-refractivity contribution in [2.45, 2.75) is 18.4 Å². The van der Waals surface area contributed by atoms with Gasteiger partial charge in [-0.05, 0) is 30.5 Å². The predicted molar refractivity (Wildman–Crippen MR) is 157 cm³/mol. The molecule has 3 heterocycles. The van der Waals surface area contributed by atoms with Crippen molar-refractivity contribution in [3.63, 3.8) is 0 Å². The van der Waals surface area contributed by atoms with E-state index in [-0.39, 0.29) is 5.91 Å². The molecule has 0 unspecified atom stereocenters. The summed E-state index contributed by atoms with van der Waals surface area (Å²) in [6.07, 6.45) is 2.95. The van der Waals surface area contributed by atoms with Gasteiger partial charge in [0, 0.05) is 24.2 Å². The molecule has 7 heteroatoms. The van der Waals surface area contributed by atoms with Crippen LogP contribution in [0.5, 0.6) is 0 Å². The molecule has 0 spiro atoms. The van der Waals surface area contributed by atoms with Crippen LogP contribution in [-0.2, 0) is 5.60 Å². The molecule has 1 saturated heterocycles. The van der Waals surface area contributed by atoms with Gasteiger partial charge in [0.15, 0.2) is 0 Å². The number of carbonyl (C=O) groups excluding carboxylic acids is 1. The molecular weight excluding hydrogens is 504 g/mol. The lowest BCUT2D eigenvalue weighted by Gasteiger charge is -2.39. The van der Waals surface area contributed by atoms with Crippen molar-refractivity contribution in [1.82, 2.24) is 9.97 Å². The number of benzene rings is 3. The summed E-state index contributed by atoms with van der Waals surface area (Å²) in [5.74, 6) is 0.617. The third-order valence-corrected chi connectivity index (χ3v) is 8.24. The SMILES string of the molecule is O=C(Nc1ccc(N2CCC(O)(c3ccccc3)CC2)nc1)c1sc(-c2ccccc2)nc1-c1ccccc1. The Morgan fingerprint density at radius 1 is 0.821 bits per heavy atom. The van der Waals surface area contributed by atoms with Crippen LogP contribution >= 0.6 is 11.3 Å². The molecular formula is C32H28N4O2S. The Labute approximate surface area is 231 Å². The summed E-state index contributed by atoms with van der Waals surface area (Å²) in [6, 6.07) is 33.3. The molecule has 0 saturated carbocycles. The molecule has 6 rings (SSSR count). The zero-order chi connectivity index (χ0) is 26.7. The second kappa shape index (κ2) is 10.8. The average molecular weight is 533 g/mol. The molecule has 0 radical (unpaired) electrons. The van der Waals surface area contributed by atoms with Crippen LogP contribution in [0.4, 0.5) is 11.5 Å². The fraction of sp³-hybridized carbons (Fsp3) is 0.156. The highest BCUT2D eigenvalue weighted by Gasteiger charge is 2.34. The van der Waals surface area contributed by atoms with E-state index in [1.807, 2.05) is 103 Å². The molecule has 0 atom stereocenters. The van der Waals surface area contributed by atoms with Gasteiger partial charge in [-0.3, -0.25) is 4.79 Å². The summed E-state index contributed by atoms with van der Waals surface area (Å²) in [5.41, 5.74) is 3.32. The number of piperidine rings is 1. The lowest BCUT2D eigenvalue weighted by molar-refractivity contribution is 0.0116. The van der Waals surface area contributed by atoms with Crippen molar-refractivity contribution in [3.05, 3.63) is 120 Å². The molecule has 1 aliphatic heterocycles. The van der Waals surface area contributed by atoms with E-state index in [1.54, 1.807) is 6.20 Å². The fourth-order valence-corrected chi connectivity index (χ4v) is 5.94. The molecule has 1 amide bonds. The van der Waals surface area contributed by atoms with Gasteiger partial charge in [-0.1, -0.05) is 91.0 Å². The number of anilines is 2. The van der Waals surface area contributed by atoms with Crippen LogP contribution in [0, 0.1) is 0 Å². The van der Waals surface area contributed by atoms with Crippen LogP contribution in [0.25, 0.3) is 21.8 Å². The number of aliphatic hydroxyl groups is 1. The Bertz CT molecular complexity index is 1550. The predicted octanol–water partition coefficient (Wildman–Crippen LogP) is 6.61. The van der Waals surface area contributed by atoms with Crippen LogP contribution in [-0.4, -0.2) is 34.1 Å². The van der Waals surface area contributed by atoms with Gasteiger partial charge in [0.1, 0.15) is 15.7 Å². The first-order valence-electron chi connectivity index (χ1n) is 13.0. The van der Waals surface area contributed by atoms with Gasteiger partial charge in [0.05, 0.1) is 23.2 Å². The molecule has 6 nitrogen and oxygen atoms in total. The summed E-state index contributed by atoms with van der Waals surface area (Å²) in [6.45, 7) is 1.40. The second-order valence-corrected chi connectivity index (χ2v) is 10.7. The van der Waals surface area contributed by atoms with Gasteiger partial charge in [-0.25, -0.2) is 9.97 Å². The van der Waals surface area contributed by atoms with Gasteiger partial charge in [0.25, 0.3) is 5.91 Å². The summed E-state index contributed by atoms with van der Waals surface area (Å²) in [5, 5.41) is 14.9. The summed E-state index contributed by atoms with van der Waals surface area (Å²) in [4.78, 5) is 25.6. The van der Waals surface area contributed by atoms with E-state index in [4.69, 9.17) is 4.98 Å². The average Bonchev–Trinajstić information content (AvgIpc) is 3.46. The summed E-state index contributed by atoms with van der Waals surface area (Å²) >= 11 is 1.38. The third-order valence-electron chi connectivity index (χ3n) is 7.13. The van der Waals surface area contributed by atoms with Crippen molar-refractivity contribution in [1.29, 1.82) is 0 Å². The van der Waals surface area contributed by atoms with Gasteiger partial charge < -0.3 is 15.3 Å². The highest BCUT2D eigenvalue weighted by molar-refractivity contribution is 7.17. The van der Waals surface area contributed by atoms with Crippen molar-refractivity contribution >= 4 is 28.7 Å². The van der Waals surface area contributed by atoms with Gasteiger partial charge in [-0.15, -0.1) is 11.3 Å². The number of hydrogen-bond acceptors (Lipinski definition) is 6. The number of pyridine rings is 1. The van der Waals surface area contributed by atoms with E-state index in [1.165, 1.54) is 11.3 Å². The number of nitrogens with one attached hydrogen (secondary N) is 1. The molecule has 0 bridgehead atoms. The number of thiazole rings is 1. The minimum atomic E-state index is -0.810. The number of rotatable bonds is 6. The Morgan fingerprint density at radius 3 is 2.05 bits per heavy atom. The number of hydrogen-bond donors (Lipinski definition) is 2. The van der Waals surface area contributed by atoms with Gasteiger partial charge in [-0.2, -0.15) is 0 Å². The highest BCUT2D eigenvalue weighted by atomic mass is 32.1. The van der Waals surface area contributed by atoms with Crippen molar-refractivity contribution in [2.24, 2.45) is 0 Å². The molecule has 2 N–H and O–H groups in total. The van der Waals surface area contributed by atoms with E-state index in [0.29, 0.717) is 42.2 Å².